The summed E-state index contributed by atoms with van der Waals surface area (Å²) in [6.07, 6.45) is 7.75. The molecule has 1 fully saturated rings. The van der Waals surface area contributed by atoms with Gasteiger partial charge in [0, 0.05) is 24.3 Å². The van der Waals surface area contributed by atoms with Crippen molar-refractivity contribution >= 4 is 17.2 Å². The van der Waals surface area contributed by atoms with E-state index < -0.39 is 5.56 Å². The molecule has 1 aliphatic rings. The van der Waals surface area contributed by atoms with Gasteiger partial charge in [-0.2, -0.15) is 5.10 Å². The zero-order chi connectivity index (χ0) is 17.2. The molecule has 9 nitrogen and oxygen atoms in total. The van der Waals surface area contributed by atoms with Crippen LogP contribution in [-0.2, 0) is 6.54 Å². The van der Waals surface area contributed by atoms with Gasteiger partial charge in [0.15, 0.2) is 0 Å². The normalized spacial score (nSPS) is 17.1. The molecule has 1 amide bonds. The lowest BCUT2D eigenvalue weighted by molar-refractivity contribution is 0.0733. The van der Waals surface area contributed by atoms with Crippen molar-refractivity contribution in [3.05, 3.63) is 57.2 Å². The third kappa shape index (κ3) is 3.07. The topological polar surface area (TPSA) is 110 Å². The Hall–Kier alpha value is -2.88. The number of hydrogen-bond acceptors (Lipinski definition) is 7. The van der Waals surface area contributed by atoms with Gasteiger partial charge in [-0.3, -0.25) is 9.59 Å². The molecule has 3 aromatic heterocycles. The number of carbonyl (C=O) groups is 1. The average Bonchev–Trinajstić information content (AvgIpc) is 3.36. The molecule has 0 saturated carbocycles. The van der Waals surface area contributed by atoms with Crippen LogP contribution in [0.2, 0.25) is 0 Å². The Kier molecular flexibility index (Phi) is 4.10. The number of aromatic amines is 1. The van der Waals surface area contributed by atoms with E-state index in [0.717, 1.165) is 17.8 Å². The summed E-state index contributed by atoms with van der Waals surface area (Å²) in [6.45, 7) is 0.901. The second-order valence-corrected chi connectivity index (χ2v) is 6.62. The van der Waals surface area contributed by atoms with E-state index >= 15 is 0 Å². The molecule has 128 valence electrons. The van der Waals surface area contributed by atoms with Crippen molar-refractivity contribution < 1.29 is 4.79 Å². The van der Waals surface area contributed by atoms with Crippen molar-refractivity contribution in [3.8, 4) is 0 Å². The zero-order valence-electron chi connectivity index (χ0n) is 13.2. The fourth-order valence-electron chi connectivity index (χ4n) is 2.95. The third-order valence-corrected chi connectivity index (χ3v) is 4.99. The molecule has 4 rings (SSSR count). The highest BCUT2D eigenvalue weighted by molar-refractivity contribution is 7.09. The summed E-state index contributed by atoms with van der Waals surface area (Å²) in [4.78, 5) is 41.9. The predicted molar refractivity (Wildman–Crippen MR) is 89.1 cm³/mol. The number of rotatable bonds is 4. The van der Waals surface area contributed by atoms with Gasteiger partial charge in [-0.15, -0.1) is 11.3 Å². The molecule has 10 heteroatoms. The fourth-order valence-corrected chi connectivity index (χ4v) is 3.74. The van der Waals surface area contributed by atoms with E-state index in [1.54, 1.807) is 15.8 Å². The van der Waals surface area contributed by atoms with Crippen LogP contribution in [0.1, 0.15) is 40.1 Å². The lowest BCUT2D eigenvalue weighted by Crippen LogP contribution is -2.35. The second kappa shape index (κ2) is 6.55. The summed E-state index contributed by atoms with van der Waals surface area (Å²) >= 11 is 1.52. The van der Waals surface area contributed by atoms with Crippen LogP contribution >= 0.6 is 11.3 Å². The lowest BCUT2D eigenvalue weighted by Gasteiger charge is -2.22. The van der Waals surface area contributed by atoms with Crippen molar-refractivity contribution in [2.24, 2.45) is 0 Å². The highest BCUT2D eigenvalue weighted by Crippen LogP contribution is 2.33. The van der Waals surface area contributed by atoms with Crippen LogP contribution in [0.5, 0.6) is 0 Å². The Labute approximate surface area is 146 Å². The quantitative estimate of drug-likeness (QED) is 0.741. The molecule has 0 radical (unpaired) electrons. The molecule has 0 spiro atoms. The van der Waals surface area contributed by atoms with Crippen LogP contribution in [0.3, 0.4) is 0 Å². The number of hydrogen-bond donors (Lipinski definition) is 1. The molecule has 1 aliphatic heterocycles. The number of thiazole rings is 1. The molecular weight excluding hydrogens is 342 g/mol. The third-order valence-electron chi connectivity index (χ3n) is 4.11. The number of nitrogens with one attached hydrogen (secondary N) is 1. The van der Waals surface area contributed by atoms with Gasteiger partial charge in [-0.05, 0) is 12.8 Å². The molecule has 0 aliphatic carbocycles. The van der Waals surface area contributed by atoms with Crippen LogP contribution in [-0.4, -0.2) is 47.1 Å². The van der Waals surface area contributed by atoms with E-state index in [4.69, 9.17) is 0 Å². The first-order valence-electron chi connectivity index (χ1n) is 7.83. The van der Waals surface area contributed by atoms with Crippen LogP contribution in [0, 0.1) is 0 Å². The highest BCUT2D eigenvalue weighted by Gasteiger charge is 2.33. The maximum Gasteiger partial charge on any atom is 0.263 e. The summed E-state index contributed by atoms with van der Waals surface area (Å²) in [6, 6.07) is -0.0678. The van der Waals surface area contributed by atoms with E-state index in [2.05, 4.69) is 25.0 Å². The molecule has 0 bridgehead atoms. The standard InChI is InChI=1S/C15H15N7O2S/c23-13-10(6-18-12(20-13)7-21-9-16-8-19-21)15(24)22-4-1-2-11(22)14-17-3-5-25-14/h3,5-6,8-9,11H,1-2,4,7H2,(H,18,20,23)/t11-/m1/s1. The molecule has 0 unspecified atom stereocenters. The fraction of sp³-hybridized carbons (Fsp3) is 0.333. The zero-order valence-corrected chi connectivity index (χ0v) is 14.0. The first-order valence-corrected chi connectivity index (χ1v) is 8.71. The maximum absolute atomic E-state index is 12.8. The van der Waals surface area contributed by atoms with Crippen molar-refractivity contribution in [2.75, 3.05) is 6.54 Å². The molecule has 1 N–H and O–H groups in total. The average molecular weight is 357 g/mol. The molecule has 3 aromatic rings. The number of aromatic nitrogens is 6. The SMILES string of the molecule is O=C(c1cnc(Cn2cncn2)[nH]c1=O)N1CCC[C@@H]1c1nccs1. The minimum absolute atomic E-state index is 0.0470. The number of H-pyrrole nitrogens is 1. The lowest BCUT2D eigenvalue weighted by atomic mass is 10.2. The minimum atomic E-state index is -0.445. The summed E-state index contributed by atoms with van der Waals surface area (Å²) in [7, 11) is 0. The molecular formula is C15H15N7O2S. The van der Waals surface area contributed by atoms with Crippen LogP contribution in [0.4, 0.5) is 0 Å². The van der Waals surface area contributed by atoms with E-state index in [9.17, 15) is 9.59 Å². The van der Waals surface area contributed by atoms with Crippen molar-refractivity contribution in [2.45, 2.75) is 25.4 Å². The Balaban J connectivity index is 1.56. The van der Waals surface area contributed by atoms with Gasteiger partial charge in [0.25, 0.3) is 11.5 Å². The van der Waals surface area contributed by atoms with Gasteiger partial charge in [0.05, 0.1) is 6.04 Å². The largest absolute Gasteiger partial charge is 0.329 e. The number of amides is 1. The second-order valence-electron chi connectivity index (χ2n) is 5.69. The maximum atomic E-state index is 12.8. The first kappa shape index (κ1) is 15.6. The molecule has 1 atom stereocenters. The minimum Gasteiger partial charge on any atom is -0.329 e. The van der Waals surface area contributed by atoms with Crippen molar-refractivity contribution in [1.82, 2.24) is 34.6 Å². The van der Waals surface area contributed by atoms with E-state index in [1.807, 2.05) is 5.38 Å². The van der Waals surface area contributed by atoms with Crippen LogP contribution < -0.4 is 5.56 Å². The van der Waals surface area contributed by atoms with Gasteiger partial charge >= 0.3 is 0 Å². The Morgan fingerprint density at radius 1 is 1.40 bits per heavy atom. The number of likely N-dealkylation sites (tertiary alicyclic amines) is 1. The Bertz CT molecular complexity index is 920. The van der Waals surface area contributed by atoms with Crippen LogP contribution in [0.15, 0.2) is 35.2 Å². The van der Waals surface area contributed by atoms with Gasteiger partial charge in [-0.1, -0.05) is 0 Å². The van der Waals surface area contributed by atoms with Gasteiger partial charge in [0.2, 0.25) is 0 Å². The molecule has 1 saturated heterocycles. The highest BCUT2D eigenvalue weighted by atomic mass is 32.1. The van der Waals surface area contributed by atoms with Gasteiger partial charge < -0.3 is 9.88 Å². The van der Waals surface area contributed by atoms with Gasteiger partial charge in [-0.25, -0.2) is 19.6 Å². The Morgan fingerprint density at radius 2 is 2.32 bits per heavy atom. The summed E-state index contributed by atoms with van der Waals surface area (Å²) in [5.74, 6) is 0.115. The number of carbonyl (C=O) groups excluding carboxylic acids is 1. The predicted octanol–water partition coefficient (Wildman–Crippen LogP) is 0.843. The molecule has 25 heavy (non-hydrogen) atoms. The van der Waals surface area contributed by atoms with Crippen molar-refractivity contribution in [3.63, 3.8) is 0 Å². The monoisotopic (exact) mass is 357 g/mol. The van der Waals surface area contributed by atoms with Gasteiger partial charge in [0.1, 0.15) is 35.6 Å². The summed E-state index contributed by atoms with van der Waals surface area (Å²) in [5.41, 5.74) is -0.397. The Morgan fingerprint density at radius 3 is 3.04 bits per heavy atom. The summed E-state index contributed by atoms with van der Waals surface area (Å²) in [5, 5.41) is 6.76. The number of nitrogens with zero attached hydrogens (tertiary/aromatic N) is 6. The van der Waals surface area contributed by atoms with E-state index in [0.29, 0.717) is 12.4 Å². The smallest absolute Gasteiger partial charge is 0.263 e. The van der Waals surface area contributed by atoms with Crippen LogP contribution in [0.25, 0.3) is 0 Å². The first-order chi connectivity index (χ1) is 12.2. The molecule has 4 heterocycles. The summed E-state index contributed by atoms with van der Waals surface area (Å²) < 4.78 is 1.54. The van der Waals surface area contributed by atoms with E-state index in [1.165, 1.54) is 30.2 Å². The van der Waals surface area contributed by atoms with Crippen molar-refractivity contribution in [1.29, 1.82) is 0 Å². The molecule has 0 aromatic carbocycles. The van der Waals surface area contributed by atoms with E-state index in [-0.39, 0.29) is 24.1 Å².